The van der Waals surface area contributed by atoms with Crippen LogP contribution in [0.2, 0.25) is 0 Å². The summed E-state index contributed by atoms with van der Waals surface area (Å²) in [7, 11) is 5.96. The first-order valence-corrected chi connectivity index (χ1v) is 7.88. The van der Waals surface area contributed by atoms with E-state index in [9.17, 15) is 0 Å². The van der Waals surface area contributed by atoms with Gasteiger partial charge in [-0.3, -0.25) is 4.90 Å². The molecule has 0 heterocycles. The van der Waals surface area contributed by atoms with E-state index in [0.717, 1.165) is 31.8 Å². The molecule has 0 saturated carbocycles. The Labute approximate surface area is 128 Å². The van der Waals surface area contributed by atoms with E-state index >= 15 is 0 Å². The van der Waals surface area contributed by atoms with Crippen LogP contribution in [0.5, 0.6) is 5.75 Å². The zero-order valence-corrected chi connectivity index (χ0v) is 13.8. The summed E-state index contributed by atoms with van der Waals surface area (Å²) < 4.78 is 5.33. The lowest BCUT2D eigenvalue weighted by Crippen LogP contribution is -2.42. The number of rotatable bonds is 7. The minimum atomic E-state index is 0.0920. The largest absolute Gasteiger partial charge is 0.497 e. The molecule has 0 spiro atoms. The summed E-state index contributed by atoms with van der Waals surface area (Å²) in [6, 6.07) is 6.82. The van der Waals surface area contributed by atoms with Gasteiger partial charge >= 0.3 is 0 Å². The molecular weight excluding hydrogens is 262 g/mol. The van der Waals surface area contributed by atoms with Gasteiger partial charge in [-0.15, -0.1) is 0 Å². The van der Waals surface area contributed by atoms with Gasteiger partial charge in [-0.25, -0.2) is 0 Å². The summed E-state index contributed by atoms with van der Waals surface area (Å²) >= 11 is 0. The van der Waals surface area contributed by atoms with Crippen LogP contribution in [0.25, 0.3) is 0 Å². The fourth-order valence-corrected chi connectivity index (χ4v) is 3.26. The van der Waals surface area contributed by atoms with E-state index in [2.05, 4.69) is 43.0 Å². The van der Waals surface area contributed by atoms with E-state index < -0.39 is 0 Å². The van der Waals surface area contributed by atoms with Crippen LogP contribution in [0, 0.1) is 0 Å². The Kier molecular flexibility index (Phi) is 5.62. The summed E-state index contributed by atoms with van der Waals surface area (Å²) in [5.41, 5.74) is 9.14. The van der Waals surface area contributed by atoms with Crippen molar-refractivity contribution >= 4 is 0 Å². The number of hydrogen-bond acceptors (Lipinski definition) is 4. The van der Waals surface area contributed by atoms with E-state index in [4.69, 9.17) is 10.5 Å². The van der Waals surface area contributed by atoms with Crippen molar-refractivity contribution in [3.63, 3.8) is 0 Å². The van der Waals surface area contributed by atoms with Crippen molar-refractivity contribution in [2.24, 2.45) is 5.73 Å². The van der Waals surface area contributed by atoms with Crippen molar-refractivity contribution < 1.29 is 4.74 Å². The van der Waals surface area contributed by atoms with Crippen molar-refractivity contribution in [3.8, 4) is 5.75 Å². The van der Waals surface area contributed by atoms with E-state index in [0.29, 0.717) is 6.04 Å². The van der Waals surface area contributed by atoms with E-state index in [1.807, 2.05) is 6.07 Å². The molecule has 1 aromatic carbocycles. The van der Waals surface area contributed by atoms with Gasteiger partial charge in [-0.2, -0.15) is 0 Å². The molecule has 2 rings (SSSR count). The second-order valence-corrected chi connectivity index (χ2v) is 6.15. The molecule has 0 bridgehead atoms. The zero-order valence-electron chi connectivity index (χ0n) is 13.8. The minimum absolute atomic E-state index is 0.0920. The Hall–Kier alpha value is -1.10. The summed E-state index contributed by atoms with van der Waals surface area (Å²) in [6.45, 7) is 5.51. The van der Waals surface area contributed by atoms with E-state index in [-0.39, 0.29) is 6.04 Å². The molecule has 1 aliphatic rings. The number of fused-ring (bicyclic) bond motifs is 1. The second-order valence-electron chi connectivity index (χ2n) is 6.15. The monoisotopic (exact) mass is 291 g/mol. The normalized spacial score (nSPS) is 21.1. The van der Waals surface area contributed by atoms with Gasteiger partial charge in [0.1, 0.15) is 5.75 Å². The third-order valence-corrected chi connectivity index (χ3v) is 4.48. The first kappa shape index (κ1) is 16.3. The van der Waals surface area contributed by atoms with Crippen molar-refractivity contribution in [2.45, 2.75) is 31.8 Å². The summed E-state index contributed by atoms with van der Waals surface area (Å²) in [6.07, 6.45) is 2.24. The number of likely N-dealkylation sites (N-methyl/N-ethyl adjacent to an activating group) is 1. The maximum Gasteiger partial charge on any atom is 0.119 e. The highest BCUT2D eigenvalue weighted by Crippen LogP contribution is 2.35. The molecule has 0 fully saturated rings. The van der Waals surface area contributed by atoms with Crippen LogP contribution in [-0.2, 0) is 6.42 Å². The van der Waals surface area contributed by atoms with Gasteiger partial charge in [-0.1, -0.05) is 13.0 Å². The number of methoxy groups -OCH3 is 1. The standard InChI is InChI=1S/C17H29N3O/c1-5-20(10-6-9-19(2)3)16-11-13-7-8-14(21-4)12-15(13)17(16)18/h7-8,12,16-17H,5-6,9-11,18H2,1-4H3. The number of benzene rings is 1. The molecule has 1 aliphatic carbocycles. The Morgan fingerprint density at radius 2 is 2.05 bits per heavy atom. The van der Waals surface area contributed by atoms with Gasteiger partial charge in [0, 0.05) is 12.1 Å². The third kappa shape index (κ3) is 3.76. The first-order valence-electron chi connectivity index (χ1n) is 7.88. The quantitative estimate of drug-likeness (QED) is 0.833. The SMILES string of the molecule is CCN(CCCN(C)C)C1Cc2ccc(OC)cc2C1N. The molecule has 0 saturated heterocycles. The average molecular weight is 291 g/mol. The van der Waals surface area contributed by atoms with Crippen LogP contribution < -0.4 is 10.5 Å². The first-order chi connectivity index (χ1) is 10.1. The third-order valence-electron chi connectivity index (χ3n) is 4.48. The number of nitrogens with two attached hydrogens (primary N) is 1. The molecule has 0 radical (unpaired) electrons. The molecule has 2 atom stereocenters. The van der Waals surface area contributed by atoms with Gasteiger partial charge in [0.2, 0.25) is 0 Å². The van der Waals surface area contributed by atoms with Crippen LogP contribution in [0.3, 0.4) is 0 Å². The lowest BCUT2D eigenvalue weighted by atomic mass is 10.1. The maximum absolute atomic E-state index is 6.51. The Morgan fingerprint density at radius 1 is 1.29 bits per heavy atom. The van der Waals surface area contributed by atoms with Gasteiger partial charge in [0.25, 0.3) is 0 Å². The Morgan fingerprint density at radius 3 is 2.67 bits per heavy atom. The molecule has 118 valence electrons. The number of ether oxygens (including phenoxy) is 1. The Balaban J connectivity index is 2.04. The fraction of sp³-hybridized carbons (Fsp3) is 0.647. The van der Waals surface area contributed by atoms with Gasteiger partial charge in [-0.05, 0) is 69.8 Å². The molecule has 2 unspecified atom stereocenters. The minimum Gasteiger partial charge on any atom is -0.497 e. The summed E-state index contributed by atoms with van der Waals surface area (Å²) in [5, 5.41) is 0. The lowest BCUT2D eigenvalue weighted by Gasteiger charge is -2.31. The fourth-order valence-electron chi connectivity index (χ4n) is 3.26. The van der Waals surface area contributed by atoms with Gasteiger partial charge < -0.3 is 15.4 Å². The topological polar surface area (TPSA) is 41.7 Å². The number of hydrogen-bond donors (Lipinski definition) is 1. The van der Waals surface area contributed by atoms with Crippen LogP contribution >= 0.6 is 0 Å². The van der Waals surface area contributed by atoms with Crippen LogP contribution in [-0.4, -0.2) is 56.7 Å². The van der Waals surface area contributed by atoms with Crippen molar-refractivity contribution in [1.82, 2.24) is 9.80 Å². The smallest absolute Gasteiger partial charge is 0.119 e. The molecule has 2 N–H and O–H groups in total. The lowest BCUT2D eigenvalue weighted by molar-refractivity contribution is 0.180. The molecule has 21 heavy (non-hydrogen) atoms. The van der Waals surface area contributed by atoms with Crippen molar-refractivity contribution in [2.75, 3.05) is 40.8 Å². The van der Waals surface area contributed by atoms with Crippen LogP contribution in [0.15, 0.2) is 18.2 Å². The van der Waals surface area contributed by atoms with Crippen LogP contribution in [0.4, 0.5) is 0 Å². The average Bonchev–Trinajstić information content (AvgIpc) is 2.80. The van der Waals surface area contributed by atoms with E-state index in [1.54, 1.807) is 7.11 Å². The van der Waals surface area contributed by atoms with Crippen molar-refractivity contribution in [3.05, 3.63) is 29.3 Å². The Bertz CT molecular complexity index is 461. The molecular formula is C17H29N3O. The summed E-state index contributed by atoms with van der Waals surface area (Å²) in [4.78, 5) is 4.77. The zero-order chi connectivity index (χ0) is 15.4. The molecule has 4 heteroatoms. The predicted octanol–water partition coefficient (Wildman–Crippen LogP) is 1.89. The molecule has 0 amide bonds. The molecule has 4 nitrogen and oxygen atoms in total. The van der Waals surface area contributed by atoms with E-state index in [1.165, 1.54) is 17.5 Å². The van der Waals surface area contributed by atoms with Crippen LogP contribution in [0.1, 0.15) is 30.5 Å². The molecule has 1 aromatic rings. The van der Waals surface area contributed by atoms with Gasteiger partial charge in [0.15, 0.2) is 0 Å². The van der Waals surface area contributed by atoms with Gasteiger partial charge in [0.05, 0.1) is 7.11 Å². The highest BCUT2D eigenvalue weighted by atomic mass is 16.5. The molecule has 0 aliphatic heterocycles. The summed E-state index contributed by atoms with van der Waals surface area (Å²) in [5.74, 6) is 0.903. The number of nitrogens with zero attached hydrogens (tertiary/aromatic N) is 2. The highest BCUT2D eigenvalue weighted by molar-refractivity contribution is 5.42. The second kappa shape index (κ2) is 7.25. The molecule has 0 aromatic heterocycles. The maximum atomic E-state index is 6.51. The predicted molar refractivity (Wildman–Crippen MR) is 87.8 cm³/mol. The highest BCUT2D eigenvalue weighted by Gasteiger charge is 2.33. The van der Waals surface area contributed by atoms with Crippen molar-refractivity contribution in [1.29, 1.82) is 0 Å².